The third-order valence-corrected chi connectivity index (χ3v) is 6.32. The average Bonchev–Trinajstić information content (AvgIpc) is 3.15. The Morgan fingerprint density at radius 1 is 1.24 bits per heavy atom. The topological polar surface area (TPSA) is 88.1 Å². The first-order valence-electron chi connectivity index (χ1n) is 8.66. The molecular weight excluding hydrogens is 342 g/mol. The first-order chi connectivity index (χ1) is 12.0. The Balaban J connectivity index is 1.54. The fraction of sp³-hybridized carbons (Fsp3) is 0.529. The molecule has 3 aliphatic rings. The smallest absolute Gasteiger partial charge is 0.286 e. The van der Waals surface area contributed by atoms with Crippen LogP contribution < -0.4 is 5.32 Å². The normalized spacial score (nSPS) is 28.0. The summed E-state index contributed by atoms with van der Waals surface area (Å²) in [5.41, 5.74) is 0.551. The molecule has 1 amide bonds. The number of carbonyl (C=O) groups excluding carboxylic acids is 1. The second-order valence-electron chi connectivity index (χ2n) is 6.70. The minimum absolute atomic E-state index is 0.0156. The standard InChI is InChI=1S/C17H21N3O4S/c21-17(14-7-4-10-24-14)20-9-3-5-12(11-20)16-18-13-6-1-2-8-15(13)25(22,23)19-16/h1-2,6,8,12,14H,3-5,7,9-11H2,(H,18,19)/t12-,14+/m0/s1. The van der Waals surface area contributed by atoms with Crippen LogP contribution in [-0.4, -0.2) is 50.9 Å². The molecule has 3 aliphatic heterocycles. The fourth-order valence-corrected chi connectivity index (χ4v) is 4.89. The van der Waals surface area contributed by atoms with Gasteiger partial charge in [0.15, 0.2) is 0 Å². The highest BCUT2D eigenvalue weighted by atomic mass is 32.2. The van der Waals surface area contributed by atoms with Crippen molar-refractivity contribution in [2.75, 3.05) is 25.0 Å². The minimum atomic E-state index is -3.70. The van der Waals surface area contributed by atoms with Gasteiger partial charge in [0.1, 0.15) is 16.8 Å². The van der Waals surface area contributed by atoms with E-state index in [2.05, 4.69) is 9.71 Å². The van der Waals surface area contributed by atoms with Crippen LogP contribution in [0.15, 0.2) is 33.6 Å². The number of piperidine rings is 1. The summed E-state index contributed by atoms with van der Waals surface area (Å²) in [5.74, 6) is 0.340. The number of nitrogens with zero attached hydrogens (tertiary/aromatic N) is 2. The van der Waals surface area contributed by atoms with Crippen molar-refractivity contribution in [1.82, 2.24) is 4.90 Å². The number of sulfonamides is 1. The zero-order valence-corrected chi connectivity index (χ0v) is 14.7. The Bertz CT molecular complexity index is 815. The van der Waals surface area contributed by atoms with Crippen LogP contribution in [0.4, 0.5) is 5.69 Å². The van der Waals surface area contributed by atoms with Crippen LogP contribution in [0.25, 0.3) is 0 Å². The van der Waals surface area contributed by atoms with E-state index in [1.165, 1.54) is 0 Å². The molecule has 25 heavy (non-hydrogen) atoms. The molecule has 1 aromatic rings. The van der Waals surface area contributed by atoms with E-state index in [1.54, 1.807) is 29.2 Å². The summed E-state index contributed by atoms with van der Waals surface area (Å²) >= 11 is 0. The number of amides is 1. The quantitative estimate of drug-likeness (QED) is 0.863. The van der Waals surface area contributed by atoms with Crippen molar-refractivity contribution in [1.29, 1.82) is 0 Å². The van der Waals surface area contributed by atoms with Gasteiger partial charge >= 0.3 is 0 Å². The van der Waals surface area contributed by atoms with Crippen LogP contribution in [0.1, 0.15) is 25.7 Å². The summed E-state index contributed by atoms with van der Waals surface area (Å²) in [4.78, 5) is 14.6. The monoisotopic (exact) mass is 363 g/mol. The maximum atomic E-state index is 12.6. The second-order valence-corrected chi connectivity index (χ2v) is 8.27. The third kappa shape index (κ3) is 3.16. The van der Waals surface area contributed by atoms with Gasteiger partial charge in [0.25, 0.3) is 15.9 Å². The van der Waals surface area contributed by atoms with E-state index in [9.17, 15) is 13.2 Å². The van der Waals surface area contributed by atoms with E-state index in [-0.39, 0.29) is 22.8 Å². The lowest BCUT2D eigenvalue weighted by Crippen LogP contribution is -2.47. The van der Waals surface area contributed by atoms with Gasteiger partial charge < -0.3 is 15.0 Å². The molecule has 2 fully saturated rings. The van der Waals surface area contributed by atoms with Crippen molar-refractivity contribution in [3.8, 4) is 0 Å². The van der Waals surface area contributed by atoms with Gasteiger partial charge in [0.05, 0.1) is 5.69 Å². The number of amidine groups is 1. The molecule has 0 aromatic heterocycles. The summed E-state index contributed by atoms with van der Waals surface area (Å²) < 4.78 is 34.3. The summed E-state index contributed by atoms with van der Waals surface area (Å²) in [5, 5.41) is 3.15. The predicted octanol–water partition coefficient (Wildman–Crippen LogP) is 1.62. The Morgan fingerprint density at radius 2 is 2.08 bits per heavy atom. The lowest BCUT2D eigenvalue weighted by atomic mass is 9.96. The highest BCUT2D eigenvalue weighted by Gasteiger charge is 2.35. The van der Waals surface area contributed by atoms with Gasteiger partial charge in [-0.3, -0.25) is 4.79 Å². The highest BCUT2D eigenvalue weighted by molar-refractivity contribution is 7.90. The van der Waals surface area contributed by atoms with Gasteiger partial charge in [-0.1, -0.05) is 12.1 Å². The molecule has 0 radical (unpaired) electrons. The average molecular weight is 363 g/mol. The Hall–Kier alpha value is -1.93. The van der Waals surface area contributed by atoms with E-state index in [4.69, 9.17) is 4.74 Å². The number of hydrogen-bond donors (Lipinski definition) is 1. The molecule has 8 heteroatoms. The van der Waals surface area contributed by atoms with E-state index in [0.29, 0.717) is 31.2 Å². The Morgan fingerprint density at radius 3 is 2.88 bits per heavy atom. The zero-order chi connectivity index (χ0) is 17.4. The van der Waals surface area contributed by atoms with Crippen LogP contribution >= 0.6 is 0 Å². The van der Waals surface area contributed by atoms with Crippen LogP contribution in [0.5, 0.6) is 0 Å². The van der Waals surface area contributed by atoms with Crippen LogP contribution in [0.3, 0.4) is 0 Å². The zero-order valence-electron chi connectivity index (χ0n) is 13.8. The fourth-order valence-electron chi connectivity index (χ4n) is 3.69. The number of benzene rings is 1. The van der Waals surface area contributed by atoms with Crippen LogP contribution in [0.2, 0.25) is 0 Å². The van der Waals surface area contributed by atoms with Crippen molar-refractivity contribution >= 4 is 27.5 Å². The maximum absolute atomic E-state index is 12.6. The summed E-state index contributed by atoms with van der Waals surface area (Å²) in [6.45, 7) is 1.80. The first-order valence-corrected chi connectivity index (χ1v) is 10.1. The number of anilines is 1. The number of hydrogen-bond acceptors (Lipinski definition) is 5. The molecule has 0 saturated carbocycles. The number of likely N-dealkylation sites (tertiary alicyclic amines) is 1. The number of nitrogens with one attached hydrogen (secondary N) is 1. The summed E-state index contributed by atoms with van der Waals surface area (Å²) in [6, 6.07) is 6.76. The maximum Gasteiger partial charge on any atom is 0.286 e. The lowest BCUT2D eigenvalue weighted by molar-refractivity contribution is -0.142. The van der Waals surface area contributed by atoms with E-state index < -0.39 is 10.0 Å². The molecule has 0 bridgehead atoms. The molecule has 7 nitrogen and oxygen atoms in total. The highest BCUT2D eigenvalue weighted by Crippen LogP contribution is 2.30. The minimum Gasteiger partial charge on any atom is -0.368 e. The molecule has 2 atom stereocenters. The lowest BCUT2D eigenvalue weighted by Gasteiger charge is -2.35. The molecule has 1 N–H and O–H groups in total. The second kappa shape index (κ2) is 6.42. The number of para-hydroxylation sites is 1. The van der Waals surface area contributed by atoms with Gasteiger partial charge in [-0.15, -0.1) is 4.40 Å². The number of rotatable bonds is 2. The molecule has 1 aromatic carbocycles. The number of carbonyl (C=O) groups is 1. The number of ether oxygens (including phenoxy) is 1. The van der Waals surface area contributed by atoms with Gasteiger partial charge in [-0.2, -0.15) is 8.42 Å². The van der Waals surface area contributed by atoms with Gasteiger partial charge in [-0.05, 0) is 37.8 Å². The van der Waals surface area contributed by atoms with Crippen molar-refractivity contribution in [3.63, 3.8) is 0 Å². The molecule has 4 rings (SSSR count). The molecule has 134 valence electrons. The largest absolute Gasteiger partial charge is 0.368 e. The molecule has 3 heterocycles. The molecule has 0 unspecified atom stereocenters. The van der Waals surface area contributed by atoms with E-state index in [1.807, 2.05) is 0 Å². The molecular formula is C17H21N3O4S. The van der Waals surface area contributed by atoms with Crippen molar-refractivity contribution in [2.24, 2.45) is 10.3 Å². The molecule has 0 aliphatic carbocycles. The van der Waals surface area contributed by atoms with Crippen LogP contribution in [-0.2, 0) is 19.6 Å². The van der Waals surface area contributed by atoms with Gasteiger partial charge in [0, 0.05) is 25.6 Å². The Kier molecular flexibility index (Phi) is 4.24. The van der Waals surface area contributed by atoms with E-state index >= 15 is 0 Å². The number of fused-ring (bicyclic) bond motifs is 1. The van der Waals surface area contributed by atoms with E-state index in [0.717, 1.165) is 25.7 Å². The van der Waals surface area contributed by atoms with Crippen molar-refractivity contribution in [3.05, 3.63) is 24.3 Å². The van der Waals surface area contributed by atoms with Crippen molar-refractivity contribution < 1.29 is 17.9 Å². The van der Waals surface area contributed by atoms with Crippen molar-refractivity contribution in [2.45, 2.75) is 36.7 Å². The summed E-state index contributed by atoms with van der Waals surface area (Å²) in [6.07, 6.45) is 2.96. The summed E-state index contributed by atoms with van der Waals surface area (Å²) in [7, 11) is -3.70. The first kappa shape index (κ1) is 16.5. The van der Waals surface area contributed by atoms with Gasteiger partial charge in [0.2, 0.25) is 0 Å². The molecule has 0 spiro atoms. The van der Waals surface area contributed by atoms with Crippen LogP contribution in [0, 0.1) is 5.92 Å². The van der Waals surface area contributed by atoms with Gasteiger partial charge in [-0.25, -0.2) is 0 Å². The predicted molar refractivity (Wildman–Crippen MR) is 93.0 cm³/mol. The Labute approximate surface area is 147 Å². The SMILES string of the molecule is O=C([C@H]1CCCO1)N1CCC[C@H](C2=NS(=O)(=O)c3ccccc3N2)C1. The third-order valence-electron chi connectivity index (χ3n) is 4.97. The molecule has 2 saturated heterocycles.